The molecule has 36 heavy (non-hydrogen) atoms. The largest absolute Gasteiger partial charge is 0.462 e. The van der Waals surface area contributed by atoms with E-state index in [0.29, 0.717) is 16.9 Å². The van der Waals surface area contributed by atoms with Gasteiger partial charge in [-0.3, -0.25) is 14.9 Å². The molecule has 1 amide bonds. The van der Waals surface area contributed by atoms with Gasteiger partial charge in [0.2, 0.25) is 0 Å². The first-order chi connectivity index (χ1) is 17.0. The Hall–Kier alpha value is -4.92. The lowest BCUT2D eigenvalue weighted by Gasteiger charge is -2.13. The second kappa shape index (κ2) is 10.6. The molecule has 12 heteroatoms. The quantitative estimate of drug-likeness (QED) is 0.147. The van der Waals surface area contributed by atoms with E-state index in [1.165, 1.54) is 24.3 Å². The molecule has 3 aromatic rings. The first-order valence-corrected chi connectivity index (χ1v) is 10.2. The third-order valence-electron chi connectivity index (χ3n) is 4.73. The van der Waals surface area contributed by atoms with Crippen LogP contribution in [0.5, 0.6) is 0 Å². The predicted octanol–water partition coefficient (Wildman–Crippen LogP) is 5.60. The molecule has 184 valence electrons. The summed E-state index contributed by atoms with van der Waals surface area (Å²) in [7, 11) is 0. The number of amides is 1. The lowest BCUT2D eigenvalue weighted by molar-refractivity contribution is -0.385. The van der Waals surface area contributed by atoms with Crippen LogP contribution in [0.3, 0.4) is 0 Å². The van der Waals surface area contributed by atoms with E-state index in [-0.39, 0.29) is 18.4 Å². The Morgan fingerprint density at radius 2 is 1.86 bits per heavy atom. The summed E-state index contributed by atoms with van der Waals surface area (Å²) in [5.41, 5.74) is -2.66. The molecule has 1 aromatic heterocycles. The maximum atomic E-state index is 13.3. The number of nitro groups is 1. The first-order valence-electron chi connectivity index (χ1n) is 10.2. The molecule has 0 bridgehead atoms. The lowest BCUT2D eigenvalue weighted by Crippen LogP contribution is -2.18. The van der Waals surface area contributed by atoms with E-state index in [4.69, 9.17) is 9.15 Å². The molecule has 0 fully saturated rings. The van der Waals surface area contributed by atoms with Crippen molar-refractivity contribution in [3.05, 3.63) is 87.2 Å². The summed E-state index contributed by atoms with van der Waals surface area (Å²) in [6, 6.07) is 12.6. The molecule has 0 saturated heterocycles. The molecule has 0 spiro atoms. The number of rotatable bonds is 7. The molecule has 3 rings (SSSR count). The van der Waals surface area contributed by atoms with Crippen molar-refractivity contribution in [3.8, 4) is 17.4 Å². The van der Waals surface area contributed by atoms with Crippen LogP contribution in [0, 0.1) is 21.4 Å². The van der Waals surface area contributed by atoms with Gasteiger partial charge in [-0.05, 0) is 37.3 Å². The Kier molecular flexibility index (Phi) is 7.54. The van der Waals surface area contributed by atoms with Gasteiger partial charge < -0.3 is 14.5 Å². The van der Waals surface area contributed by atoms with Gasteiger partial charge >= 0.3 is 12.1 Å². The predicted molar refractivity (Wildman–Crippen MR) is 120 cm³/mol. The van der Waals surface area contributed by atoms with E-state index in [0.717, 1.165) is 18.2 Å². The highest BCUT2D eigenvalue weighted by Crippen LogP contribution is 2.37. The molecule has 9 nitrogen and oxygen atoms in total. The fourth-order valence-electron chi connectivity index (χ4n) is 3.04. The minimum Gasteiger partial charge on any atom is -0.462 e. The van der Waals surface area contributed by atoms with Crippen molar-refractivity contribution in [2.24, 2.45) is 0 Å². The van der Waals surface area contributed by atoms with Gasteiger partial charge in [0.05, 0.1) is 28.3 Å². The second-order valence-corrected chi connectivity index (χ2v) is 7.11. The zero-order valence-electron chi connectivity index (χ0n) is 18.5. The number of alkyl halides is 3. The highest BCUT2D eigenvalue weighted by atomic mass is 19.4. The Balaban J connectivity index is 1.82. The number of carbonyl (C=O) groups excluding carboxylic acids is 2. The Morgan fingerprint density at radius 3 is 2.44 bits per heavy atom. The summed E-state index contributed by atoms with van der Waals surface area (Å²) in [6.45, 7) is 1.91. The molecular formula is C24H16F3N3O6. The summed E-state index contributed by atoms with van der Waals surface area (Å²) < 4.78 is 50.5. The van der Waals surface area contributed by atoms with Crippen LogP contribution < -0.4 is 5.32 Å². The van der Waals surface area contributed by atoms with Crippen molar-refractivity contribution < 1.29 is 36.8 Å². The highest BCUT2D eigenvalue weighted by Gasteiger charge is 2.36. The number of carbonyl (C=O) groups is 2. The number of hydrogen-bond donors (Lipinski definition) is 1. The molecule has 1 N–H and O–H groups in total. The molecule has 0 aliphatic carbocycles. The number of halogens is 3. The average molecular weight is 499 g/mol. The number of hydrogen-bond acceptors (Lipinski definition) is 7. The average Bonchev–Trinajstić information content (AvgIpc) is 3.30. The van der Waals surface area contributed by atoms with E-state index in [1.807, 2.05) is 5.32 Å². The van der Waals surface area contributed by atoms with Gasteiger partial charge in [0, 0.05) is 23.8 Å². The zero-order valence-corrected chi connectivity index (χ0v) is 18.5. The van der Waals surface area contributed by atoms with E-state index in [2.05, 4.69) is 0 Å². The van der Waals surface area contributed by atoms with Crippen LogP contribution in [0.15, 0.2) is 64.6 Å². The van der Waals surface area contributed by atoms with Crippen molar-refractivity contribution in [1.29, 1.82) is 5.26 Å². The molecule has 2 aromatic carbocycles. The van der Waals surface area contributed by atoms with Crippen molar-refractivity contribution in [2.75, 3.05) is 11.9 Å². The van der Waals surface area contributed by atoms with Gasteiger partial charge in [0.15, 0.2) is 0 Å². The van der Waals surface area contributed by atoms with Gasteiger partial charge in [0.1, 0.15) is 23.2 Å². The number of nitrogens with one attached hydrogen (secondary N) is 1. The van der Waals surface area contributed by atoms with Gasteiger partial charge in [-0.25, -0.2) is 4.79 Å². The Morgan fingerprint density at radius 1 is 1.17 bits per heavy atom. The third-order valence-corrected chi connectivity index (χ3v) is 4.73. The SMILES string of the molecule is CCOC(=O)c1ccc(-c2ccc(C=C(C#N)C(=O)Nc3ccc([N+](=O)[O-])cc3C(F)(F)F)o2)cc1. The fraction of sp³-hybridized carbons (Fsp3) is 0.125. The van der Waals surface area contributed by atoms with Crippen molar-refractivity contribution in [2.45, 2.75) is 13.1 Å². The normalized spacial score (nSPS) is 11.5. The van der Waals surface area contributed by atoms with Gasteiger partial charge in [0.25, 0.3) is 11.6 Å². The summed E-state index contributed by atoms with van der Waals surface area (Å²) in [6.07, 6.45) is -3.96. The van der Waals surface area contributed by atoms with Crippen molar-refractivity contribution in [1.82, 2.24) is 0 Å². The molecule has 0 radical (unpaired) electrons. The lowest BCUT2D eigenvalue weighted by atomic mass is 10.1. The fourth-order valence-corrected chi connectivity index (χ4v) is 3.04. The smallest absolute Gasteiger partial charge is 0.418 e. The van der Waals surface area contributed by atoms with Crippen LogP contribution in [0.4, 0.5) is 24.5 Å². The maximum absolute atomic E-state index is 13.3. The topological polar surface area (TPSA) is 135 Å². The van der Waals surface area contributed by atoms with Crippen LogP contribution in [0.25, 0.3) is 17.4 Å². The maximum Gasteiger partial charge on any atom is 0.418 e. The number of nitrogens with zero attached hydrogens (tertiary/aromatic N) is 2. The van der Waals surface area contributed by atoms with Crippen LogP contribution >= 0.6 is 0 Å². The Labute approximate surface area is 201 Å². The summed E-state index contributed by atoms with van der Waals surface area (Å²) in [4.78, 5) is 34.1. The first kappa shape index (κ1) is 25.7. The highest BCUT2D eigenvalue weighted by molar-refractivity contribution is 6.09. The number of nitriles is 1. The van der Waals surface area contributed by atoms with Gasteiger partial charge in [-0.15, -0.1) is 0 Å². The van der Waals surface area contributed by atoms with Crippen molar-refractivity contribution in [3.63, 3.8) is 0 Å². The molecular weight excluding hydrogens is 483 g/mol. The Bertz CT molecular complexity index is 1390. The second-order valence-electron chi connectivity index (χ2n) is 7.11. The minimum absolute atomic E-state index is 0.0610. The summed E-state index contributed by atoms with van der Waals surface area (Å²) in [5, 5.41) is 22.1. The monoisotopic (exact) mass is 499 g/mol. The number of benzene rings is 2. The number of esters is 1. The zero-order chi connectivity index (χ0) is 26.5. The van der Waals surface area contributed by atoms with Crippen LogP contribution in [-0.4, -0.2) is 23.4 Å². The van der Waals surface area contributed by atoms with E-state index < -0.39 is 45.5 Å². The van der Waals surface area contributed by atoms with Crippen molar-refractivity contribution >= 4 is 29.3 Å². The number of non-ortho nitro benzene ring substituents is 1. The molecule has 0 saturated carbocycles. The number of ether oxygens (including phenoxy) is 1. The standard InChI is InChI=1S/C24H16F3N3O6/c1-2-35-23(32)15-5-3-14(4-6-15)21-10-8-18(36-21)11-16(13-28)22(31)29-20-9-7-17(30(33)34)12-19(20)24(25,26)27/h3-12H,2H2,1H3,(H,29,31). The summed E-state index contributed by atoms with van der Waals surface area (Å²) >= 11 is 0. The van der Waals surface area contributed by atoms with Crippen LogP contribution in [0.2, 0.25) is 0 Å². The molecule has 0 aliphatic rings. The van der Waals surface area contributed by atoms with Gasteiger partial charge in [-0.1, -0.05) is 12.1 Å². The van der Waals surface area contributed by atoms with E-state index in [1.54, 1.807) is 25.1 Å². The number of anilines is 1. The molecule has 0 atom stereocenters. The number of furan rings is 1. The van der Waals surface area contributed by atoms with Gasteiger partial charge in [-0.2, -0.15) is 18.4 Å². The summed E-state index contributed by atoms with van der Waals surface area (Å²) in [5.74, 6) is -1.26. The number of nitro benzene ring substituents is 1. The van der Waals surface area contributed by atoms with E-state index >= 15 is 0 Å². The molecule has 1 heterocycles. The van der Waals surface area contributed by atoms with Crippen LogP contribution in [-0.2, 0) is 15.7 Å². The van der Waals surface area contributed by atoms with E-state index in [9.17, 15) is 38.1 Å². The molecule has 0 unspecified atom stereocenters. The third kappa shape index (κ3) is 5.95. The van der Waals surface area contributed by atoms with Crippen LogP contribution in [0.1, 0.15) is 28.6 Å². The minimum atomic E-state index is -5.00. The molecule has 0 aliphatic heterocycles.